The molecular formula is C17H12ClF3KN3O5S. The maximum atomic E-state index is 12.7. The monoisotopic (exact) mass is 501 g/mol. The molecular weight excluding hydrogens is 490 g/mol. The van der Waals surface area contributed by atoms with E-state index in [1.54, 1.807) is 0 Å². The van der Waals surface area contributed by atoms with Crippen molar-refractivity contribution in [2.75, 3.05) is 6.61 Å². The minimum Gasteiger partial charge on any atom is -0.571 e. The molecule has 2 aromatic rings. The van der Waals surface area contributed by atoms with Crippen molar-refractivity contribution >= 4 is 33.2 Å². The smallest absolute Gasteiger partial charge is 0.571 e. The molecule has 1 spiro atoms. The molecule has 31 heavy (non-hydrogen) atoms. The van der Waals surface area contributed by atoms with Crippen LogP contribution in [-0.4, -0.2) is 37.8 Å². The molecule has 4 rings (SSSR count). The van der Waals surface area contributed by atoms with E-state index in [2.05, 4.69) is 19.8 Å². The molecule has 160 valence electrons. The van der Waals surface area contributed by atoms with E-state index in [-0.39, 0.29) is 80.1 Å². The quantitative estimate of drug-likeness (QED) is 0.617. The number of pyridine rings is 1. The average Bonchev–Trinajstić information content (AvgIpc) is 3.41. The summed E-state index contributed by atoms with van der Waals surface area (Å²) in [4.78, 5) is 15.5. The number of ether oxygens (including phenoxy) is 2. The van der Waals surface area contributed by atoms with Gasteiger partial charge in [-0.15, -0.1) is 18.9 Å². The van der Waals surface area contributed by atoms with Crippen molar-refractivity contribution in [2.24, 2.45) is 0 Å². The van der Waals surface area contributed by atoms with Crippen molar-refractivity contribution in [3.8, 4) is 11.6 Å². The Hall–Kier alpha value is -1.09. The second-order valence-electron chi connectivity index (χ2n) is 6.77. The number of nitrogens with one attached hydrogen (secondary N) is 1. The molecule has 0 bridgehead atoms. The molecule has 1 aromatic heterocycles. The molecule has 0 unspecified atom stereocenters. The van der Waals surface area contributed by atoms with Gasteiger partial charge in [-0.3, -0.25) is 4.79 Å². The summed E-state index contributed by atoms with van der Waals surface area (Å²) in [6, 6.07) is 3.72. The second kappa shape index (κ2) is 8.69. The van der Waals surface area contributed by atoms with Crippen molar-refractivity contribution in [3.63, 3.8) is 0 Å². The van der Waals surface area contributed by atoms with Crippen LogP contribution in [-0.2, 0) is 10.0 Å². The fourth-order valence-corrected chi connectivity index (χ4v) is 4.17. The van der Waals surface area contributed by atoms with Gasteiger partial charge in [-0.1, -0.05) is 17.7 Å². The third kappa shape index (κ3) is 5.64. The van der Waals surface area contributed by atoms with E-state index >= 15 is 0 Å². The number of amides is 1. The van der Waals surface area contributed by atoms with Gasteiger partial charge in [0.1, 0.15) is 27.9 Å². The zero-order valence-electron chi connectivity index (χ0n) is 15.9. The number of halogens is 4. The maximum absolute atomic E-state index is 12.7. The van der Waals surface area contributed by atoms with Crippen molar-refractivity contribution in [1.82, 2.24) is 10.3 Å². The number of sulfonamides is 1. The summed E-state index contributed by atoms with van der Waals surface area (Å²) in [5.41, 5.74) is -0.767. The number of nitrogens with zero attached hydrogens (tertiary/aromatic N) is 2. The van der Waals surface area contributed by atoms with Crippen molar-refractivity contribution < 1.29 is 87.2 Å². The molecule has 1 fully saturated rings. The van der Waals surface area contributed by atoms with Crippen LogP contribution in [0.2, 0.25) is 5.02 Å². The average molecular weight is 502 g/mol. The predicted molar refractivity (Wildman–Crippen MR) is 97.5 cm³/mol. The van der Waals surface area contributed by atoms with Crippen molar-refractivity contribution in [1.29, 1.82) is 0 Å². The van der Waals surface area contributed by atoms with Crippen LogP contribution in [0.25, 0.3) is 4.72 Å². The van der Waals surface area contributed by atoms with Crippen LogP contribution < -0.4 is 66.2 Å². The van der Waals surface area contributed by atoms with Gasteiger partial charge in [0.05, 0.1) is 10.4 Å². The zero-order valence-corrected chi connectivity index (χ0v) is 20.6. The molecule has 1 aliphatic heterocycles. The number of aromatic nitrogens is 1. The first-order valence-corrected chi connectivity index (χ1v) is 10.3. The van der Waals surface area contributed by atoms with E-state index in [0.29, 0.717) is 0 Å². The molecule has 8 nitrogen and oxygen atoms in total. The normalized spacial score (nSPS) is 16.8. The first-order chi connectivity index (χ1) is 14.0. The first-order valence-electron chi connectivity index (χ1n) is 8.45. The molecule has 1 saturated carbocycles. The maximum Gasteiger partial charge on any atom is 1.00 e. The molecule has 2 aliphatic rings. The molecule has 0 radical (unpaired) electrons. The van der Waals surface area contributed by atoms with Crippen molar-refractivity contribution in [2.45, 2.75) is 29.6 Å². The summed E-state index contributed by atoms with van der Waals surface area (Å²) in [5, 5.41) is 2.65. The fourth-order valence-electron chi connectivity index (χ4n) is 2.82. The van der Waals surface area contributed by atoms with Gasteiger partial charge in [-0.2, -0.15) is 0 Å². The minimum atomic E-state index is -5.13. The number of hydrogen-bond acceptors (Lipinski definition) is 6. The Morgan fingerprint density at radius 2 is 1.97 bits per heavy atom. The van der Waals surface area contributed by atoms with E-state index in [9.17, 15) is 26.4 Å². The molecule has 1 aromatic carbocycles. The van der Waals surface area contributed by atoms with Gasteiger partial charge in [-0.25, -0.2) is 13.4 Å². The van der Waals surface area contributed by atoms with E-state index < -0.39 is 38.5 Å². The number of benzene rings is 1. The van der Waals surface area contributed by atoms with Crippen LogP contribution in [0.3, 0.4) is 0 Å². The summed E-state index contributed by atoms with van der Waals surface area (Å²) in [6.45, 7) is 0.230. The number of alkyl halides is 3. The van der Waals surface area contributed by atoms with Crippen LogP contribution in [0.1, 0.15) is 23.2 Å². The number of carbonyl (C=O) groups excluding carboxylic acids is 1. The molecule has 0 atom stereocenters. The standard InChI is InChI=1S/C17H12ClF3N3O5S.K/c18-9-1-2-12(29-17(19,20)21)13(5-9)30(26,27)24-10-6-11-14(25)23-16(3-4-16)8-28-15(11)22-7-10;/h1-2,5-7H,3-4,8H2,(H,23,25);/q-1;+1. The largest absolute Gasteiger partial charge is 1.00 e. The van der Waals surface area contributed by atoms with Gasteiger partial charge < -0.3 is 19.5 Å². The van der Waals surface area contributed by atoms with E-state index in [1.807, 2.05) is 0 Å². The number of fused-ring (bicyclic) bond motifs is 1. The Kier molecular flexibility index (Phi) is 6.88. The van der Waals surface area contributed by atoms with Crippen LogP contribution >= 0.6 is 11.6 Å². The second-order valence-corrected chi connectivity index (χ2v) is 8.78. The van der Waals surface area contributed by atoms with Gasteiger partial charge in [0.15, 0.2) is 0 Å². The van der Waals surface area contributed by atoms with Gasteiger partial charge in [-0.05, 0) is 31.0 Å². The van der Waals surface area contributed by atoms with E-state index in [4.69, 9.17) is 16.3 Å². The van der Waals surface area contributed by atoms with Crippen LogP contribution in [0, 0.1) is 0 Å². The van der Waals surface area contributed by atoms with E-state index in [1.165, 1.54) is 0 Å². The van der Waals surface area contributed by atoms with Gasteiger partial charge in [0.2, 0.25) is 5.88 Å². The Bertz CT molecular complexity index is 1140. The number of carbonyl (C=O) groups is 1. The van der Waals surface area contributed by atoms with Crippen molar-refractivity contribution in [3.05, 3.63) is 45.8 Å². The summed E-state index contributed by atoms with van der Waals surface area (Å²) >= 11 is 5.74. The van der Waals surface area contributed by atoms with Gasteiger partial charge >= 0.3 is 57.7 Å². The summed E-state index contributed by atoms with van der Waals surface area (Å²) < 4.78 is 76.0. The summed E-state index contributed by atoms with van der Waals surface area (Å²) in [7, 11) is -4.70. The minimum absolute atomic E-state index is 0. The Morgan fingerprint density at radius 1 is 1.26 bits per heavy atom. The van der Waals surface area contributed by atoms with Gasteiger partial charge in [0.25, 0.3) is 5.91 Å². The molecule has 14 heteroatoms. The number of rotatable bonds is 4. The first kappa shape index (κ1) is 24.5. The Labute approximate surface area is 222 Å². The fraction of sp³-hybridized carbons (Fsp3) is 0.294. The molecule has 0 saturated heterocycles. The van der Waals surface area contributed by atoms with Crippen LogP contribution in [0.5, 0.6) is 11.6 Å². The summed E-state index contributed by atoms with van der Waals surface area (Å²) in [6.07, 6.45) is -2.61. The summed E-state index contributed by atoms with van der Waals surface area (Å²) in [5.74, 6) is -1.49. The molecule has 1 aliphatic carbocycles. The molecule has 2 heterocycles. The van der Waals surface area contributed by atoms with Crippen LogP contribution in [0.4, 0.5) is 18.9 Å². The third-order valence-electron chi connectivity index (χ3n) is 4.43. The van der Waals surface area contributed by atoms with Gasteiger partial charge in [0, 0.05) is 11.2 Å². The van der Waals surface area contributed by atoms with E-state index in [0.717, 1.165) is 43.3 Å². The number of hydrogen-bond donors (Lipinski definition) is 1. The molecule has 1 N–H and O–H groups in total. The topological polar surface area (TPSA) is 109 Å². The predicted octanol–water partition coefficient (Wildman–Crippen LogP) is 0.686. The zero-order chi connectivity index (χ0) is 21.7. The Morgan fingerprint density at radius 3 is 2.61 bits per heavy atom. The third-order valence-corrected chi connectivity index (χ3v) is 5.99. The van der Waals surface area contributed by atoms with Crippen LogP contribution in [0.15, 0.2) is 35.4 Å². The SMILES string of the molecule is O=C1NC2(CC2)COc2ncc([N-]S(=O)(=O)c3cc(Cl)ccc3OC(F)(F)F)cc21.[K+]. The molecule has 1 amide bonds. The Balaban J connectivity index is 0.00000272.